The summed E-state index contributed by atoms with van der Waals surface area (Å²) in [4.78, 5) is 19.8. The summed E-state index contributed by atoms with van der Waals surface area (Å²) in [6.07, 6.45) is 0. The van der Waals surface area contributed by atoms with Crippen LogP contribution in [0.4, 0.5) is 11.6 Å². The van der Waals surface area contributed by atoms with Crippen LogP contribution in [-0.2, 0) is 0 Å². The molecular formula is C30H31BN6O. The highest BCUT2D eigenvalue weighted by molar-refractivity contribution is 6.50. The van der Waals surface area contributed by atoms with E-state index in [4.69, 9.17) is 20.0 Å². The molecule has 5 aromatic rings. The third-order valence-corrected chi connectivity index (χ3v) is 6.45. The van der Waals surface area contributed by atoms with Crippen molar-refractivity contribution in [3.63, 3.8) is 0 Å². The summed E-state index contributed by atoms with van der Waals surface area (Å²) in [5.41, 5.74) is 3.18. The van der Waals surface area contributed by atoms with Crippen molar-refractivity contribution in [2.75, 3.05) is 0 Å². The van der Waals surface area contributed by atoms with Crippen molar-refractivity contribution in [2.45, 2.75) is 41.5 Å². The molecule has 7 nitrogen and oxygen atoms in total. The van der Waals surface area contributed by atoms with Crippen LogP contribution in [0.25, 0.3) is 21.5 Å². The number of hydrogen-bond acceptors (Lipinski definition) is 5. The van der Waals surface area contributed by atoms with Gasteiger partial charge in [0.1, 0.15) is 22.6 Å². The van der Waals surface area contributed by atoms with Crippen molar-refractivity contribution in [3.05, 3.63) is 94.9 Å². The molecule has 0 unspecified atom stereocenters. The fourth-order valence-electron chi connectivity index (χ4n) is 5.04. The summed E-state index contributed by atoms with van der Waals surface area (Å²) < 4.78 is 3.56. The highest BCUT2D eigenvalue weighted by atomic mass is 16.2. The number of aromatic nitrogens is 2. The summed E-state index contributed by atoms with van der Waals surface area (Å²) in [7, 11) is -1.03. The topological polar surface area (TPSA) is 79.5 Å². The average molecular weight is 502 g/mol. The Morgan fingerprint density at radius 3 is 1.47 bits per heavy atom. The van der Waals surface area contributed by atoms with Gasteiger partial charge in [-0.05, 0) is 0 Å². The van der Waals surface area contributed by atoms with E-state index in [1.54, 1.807) is 8.96 Å². The SMILES string of the molecule is CC.CC.CC.OB1n2c3c4ccccc4c2N=c2c4ccccc4c(n21)=NC1=NC(=N3)c2ccccc21. The van der Waals surface area contributed by atoms with E-state index in [1.165, 1.54) is 0 Å². The van der Waals surface area contributed by atoms with Crippen LogP contribution in [0.5, 0.6) is 0 Å². The van der Waals surface area contributed by atoms with Gasteiger partial charge >= 0.3 is 7.19 Å². The van der Waals surface area contributed by atoms with Crippen LogP contribution in [0.15, 0.2) is 92.8 Å². The van der Waals surface area contributed by atoms with Crippen LogP contribution in [0, 0.1) is 0 Å². The van der Waals surface area contributed by atoms with Crippen molar-refractivity contribution in [2.24, 2.45) is 20.0 Å². The monoisotopic (exact) mass is 502 g/mol. The van der Waals surface area contributed by atoms with Gasteiger partial charge in [-0.15, -0.1) is 0 Å². The Kier molecular flexibility index (Phi) is 6.82. The second-order valence-electron chi connectivity index (χ2n) is 8.11. The van der Waals surface area contributed by atoms with Gasteiger partial charge in [0.05, 0.1) is 0 Å². The molecule has 0 atom stereocenters. The zero-order chi connectivity index (χ0) is 27.0. The van der Waals surface area contributed by atoms with E-state index in [-0.39, 0.29) is 0 Å². The Balaban J connectivity index is 0.000000461. The zero-order valence-electron chi connectivity index (χ0n) is 22.6. The second kappa shape index (κ2) is 10.2. The van der Waals surface area contributed by atoms with Crippen LogP contribution >= 0.6 is 0 Å². The summed E-state index contributed by atoms with van der Waals surface area (Å²) in [5, 5.41) is 15.4. The van der Waals surface area contributed by atoms with Crippen molar-refractivity contribution in [3.8, 4) is 0 Å². The molecule has 1 N–H and O–H groups in total. The Bertz CT molecular complexity index is 1860. The molecule has 3 aliphatic rings. The molecule has 3 aromatic carbocycles. The number of amidine groups is 2. The first kappa shape index (κ1) is 25.4. The predicted molar refractivity (Wildman–Crippen MR) is 158 cm³/mol. The molecule has 0 fully saturated rings. The van der Waals surface area contributed by atoms with Gasteiger partial charge in [0.15, 0.2) is 11.7 Å². The lowest BCUT2D eigenvalue weighted by molar-refractivity contribution is 0.528. The molecule has 0 saturated heterocycles. The number of rotatable bonds is 0. The maximum absolute atomic E-state index is 11.7. The highest BCUT2D eigenvalue weighted by Crippen LogP contribution is 2.40. The summed E-state index contributed by atoms with van der Waals surface area (Å²) in [6.45, 7) is 12.0. The van der Waals surface area contributed by atoms with E-state index in [1.807, 2.05) is 114 Å². The minimum atomic E-state index is -1.03. The zero-order valence-corrected chi connectivity index (χ0v) is 22.6. The third kappa shape index (κ3) is 3.48. The van der Waals surface area contributed by atoms with E-state index < -0.39 is 7.19 Å². The van der Waals surface area contributed by atoms with Gasteiger partial charge in [0, 0.05) is 32.7 Å². The normalized spacial score (nSPS) is 13.3. The minimum absolute atomic E-state index is 0.590. The largest absolute Gasteiger partial charge is 0.560 e. The summed E-state index contributed by atoms with van der Waals surface area (Å²) >= 11 is 0. The van der Waals surface area contributed by atoms with E-state index in [2.05, 4.69) is 0 Å². The molecule has 3 aliphatic heterocycles. The summed E-state index contributed by atoms with van der Waals surface area (Å²) in [6, 6.07) is 24.0. The van der Waals surface area contributed by atoms with Gasteiger partial charge in [-0.1, -0.05) is 114 Å². The lowest BCUT2D eigenvalue weighted by atomic mass is 10.00. The quantitative estimate of drug-likeness (QED) is 0.268. The first-order valence-corrected chi connectivity index (χ1v) is 13.4. The molecule has 0 saturated carbocycles. The van der Waals surface area contributed by atoms with Crippen molar-refractivity contribution in [1.82, 2.24) is 8.96 Å². The molecule has 2 aromatic heterocycles. The molecule has 4 bridgehead atoms. The van der Waals surface area contributed by atoms with Crippen LogP contribution in [0.3, 0.4) is 0 Å². The molecule has 8 heteroatoms. The maximum Gasteiger partial charge on any atom is 0.560 e. The second-order valence-corrected chi connectivity index (χ2v) is 8.11. The molecule has 0 spiro atoms. The van der Waals surface area contributed by atoms with E-state index in [9.17, 15) is 5.02 Å². The highest BCUT2D eigenvalue weighted by Gasteiger charge is 2.35. The summed E-state index contributed by atoms with van der Waals surface area (Å²) in [5.74, 6) is 2.50. The lowest BCUT2D eigenvalue weighted by Crippen LogP contribution is -2.48. The molecule has 0 aliphatic carbocycles. The first-order valence-electron chi connectivity index (χ1n) is 13.4. The van der Waals surface area contributed by atoms with Gasteiger partial charge < -0.3 is 14.0 Å². The molecule has 5 heterocycles. The van der Waals surface area contributed by atoms with Crippen LogP contribution in [0.1, 0.15) is 52.7 Å². The first-order chi connectivity index (χ1) is 18.8. The Hall–Kier alpha value is -4.30. The van der Waals surface area contributed by atoms with Crippen LogP contribution in [0.2, 0.25) is 0 Å². The van der Waals surface area contributed by atoms with Gasteiger partial charge in [-0.2, -0.15) is 0 Å². The van der Waals surface area contributed by atoms with E-state index in [0.29, 0.717) is 34.3 Å². The molecule has 0 radical (unpaired) electrons. The molecule has 38 heavy (non-hydrogen) atoms. The molecule has 8 rings (SSSR count). The minimum Gasteiger partial charge on any atom is -0.413 e. The van der Waals surface area contributed by atoms with Crippen molar-refractivity contribution in [1.29, 1.82) is 0 Å². The lowest BCUT2D eigenvalue weighted by Gasteiger charge is -2.18. The number of nitrogens with zero attached hydrogens (tertiary/aromatic N) is 6. The molecule has 0 amide bonds. The Morgan fingerprint density at radius 1 is 0.500 bits per heavy atom. The van der Waals surface area contributed by atoms with Crippen LogP contribution in [-0.4, -0.2) is 32.8 Å². The van der Waals surface area contributed by atoms with Gasteiger partial charge in [0.25, 0.3) is 0 Å². The van der Waals surface area contributed by atoms with Gasteiger partial charge in [-0.3, -0.25) is 0 Å². The van der Waals surface area contributed by atoms with E-state index >= 15 is 0 Å². The Labute approximate surface area is 222 Å². The van der Waals surface area contributed by atoms with Crippen molar-refractivity contribution >= 4 is 52.0 Å². The Morgan fingerprint density at radius 2 is 0.921 bits per heavy atom. The molecule has 190 valence electrons. The van der Waals surface area contributed by atoms with Gasteiger partial charge in [-0.25, -0.2) is 20.0 Å². The number of fused-ring (bicyclic) bond motifs is 10. The standard InChI is InChI=1S/C24H13BN6O.3C2H6/c32-25-30-21-15-9-3-5-11-17(15)23(30)29-24-18-12-6-4-10-16(18)22(31(24)25)28-20-14-8-2-1-7-13(14)19(26-20)27-21;3*1-2/h1-12,32H;3*1-2H3. The third-order valence-electron chi connectivity index (χ3n) is 6.45. The maximum atomic E-state index is 11.7. The fourth-order valence-corrected chi connectivity index (χ4v) is 5.04. The number of benzene rings is 3. The van der Waals surface area contributed by atoms with Crippen molar-refractivity contribution < 1.29 is 5.02 Å². The fraction of sp³-hybridized carbons (Fsp3) is 0.200. The van der Waals surface area contributed by atoms with Gasteiger partial charge in [0.2, 0.25) is 0 Å². The smallest absolute Gasteiger partial charge is 0.413 e. The predicted octanol–water partition coefficient (Wildman–Crippen LogP) is 5.78. The average Bonchev–Trinajstić information content (AvgIpc) is 3.62. The number of hydrogen-bond donors (Lipinski definition) is 1. The van der Waals surface area contributed by atoms with Crippen LogP contribution < -0.4 is 11.0 Å². The molecular weight excluding hydrogens is 471 g/mol. The van der Waals surface area contributed by atoms with E-state index in [0.717, 1.165) is 32.7 Å². The number of aliphatic imine (C=N–C) groups is 2.